The lowest BCUT2D eigenvalue weighted by molar-refractivity contribution is -0.152. The number of rotatable bonds is 9. The summed E-state index contributed by atoms with van der Waals surface area (Å²) < 4.78 is 10.9. The van der Waals surface area contributed by atoms with Crippen LogP contribution in [0.3, 0.4) is 0 Å². The second-order valence-corrected chi connectivity index (χ2v) is 5.92. The maximum Gasteiger partial charge on any atom is 0.326 e. The summed E-state index contributed by atoms with van der Waals surface area (Å²) in [6, 6.07) is 0.219. The monoisotopic (exact) mass is 273 g/mol. The van der Waals surface area contributed by atoms with Gasteiger partial charge in [-0.15, -0.1) is 0 Å². The molecule has 0 spiro atoms. The lowest BCUT2D eigenvalue weighted by Crippen LogP contribution is -2.54. The maximum atomic E-state index is 12.1. The highest BCUT2D eigenvalue weighted by Gasteiger charge is 2.35. The molecule has 2 atom stereocenters. The molecule has 0 aliphatic heterocycles. The van der Waals surface area contributed by atoms with Crippen molar-refractivity contribution < 1.29 is 14.3 Å². The number of hydrogen-bond donors (Lipinski definition) is 1. The van der Waals surface area contributed by atoms with Gasteiger partial charge in [-0.05, 0) is 47.0 Å². The summed E-state index contributed by atoms with van der Waals surface area (Å²) in [7, 11) is 0. The molecule has 0 aliphatic rings. The number of carbonyl (C=O) groups excluding carboxylic acids is 1. The zero-order valence-electron chi connectivity index (χ0n) is 13.6. The molecule has 0 heterocycles. The molecule has 0 aromatic carbocycles. The summed E-state index contributed by atoms with van der Waals surface area (Å²) >= 11 is 0. The third kappa shape index (κ3) is 6.92. The summed E-state index contributed by atoms with van der Waals surface area (Å²) in [6.45, 7) is 15.0. The average molecular weight is 273 g/mol. The molecule has 19 heavy (non-hydrogen) atoms. The van der Waals surface area contributed by atoms with E-state index in [0.717, 1.165) is 0 Å². The minimum absolute atomic E-state index is 0.200. The fourth-order valence-electron chi connectivity index (χ4n) is 1.80. The molecule has 0 bridgehead atoms. The van der Waals surface area contributed by atoms with Crippen molar-refractivity contribution in [1.82, 2.24) is 5.32 Å². The van der Waals surface area contributed by atoms with Gasteiger partial charge in [0.15, 0.2) is 0 Å². The fraction of sp³-hybridized carbons (Fsp3) is 0.933. The predicted molar refractivity (Wildman–Crippen MR) is 78.2 cm³/mol. The molecular formula is C15H31NO3. The van der Waals surface area contributed by atoms with E-state index in [1.807, 2.05) is 27.7 Å². The molecule has 0 aromatic heterocycles. The molecule has 2 unspecified atom stereocenters. The van der Waals surface area contributed by atoms with Crippen molar-refractivity contribution in [3.05, 3.63) is 0 Å². The number of esters is 1. The van der Waals surface area contributed by atoms with Crippen molar-refractivity contribution in [2.75, 3.05) is 13.2 Å². The quantitative estimate of drug-likeness (QED) is 0.656. The van der Waals surface area contributed by atoms with Crippen LogP contribution in [0.4, 0.5) is 0 Å². The second kappa shape index (κ2) is 8.54. The number of ether oxygens (including phenoxy) is 2. The van der Waals surface area contributed by atoms with Gasteiger partial charge in [-0.25, -0.2) is 0 Å². The average Bonchev–Trinajstić information content (AvgIpc) is 2.27. The first-order chi connectivity index (χ1) is 8.73. The van der Waals surface area contributed by atoms with Crippen LogP contribution in [0.15, 0.2) is 0 Å². The van der Waals surface area contributed by atoms with Crippen molar-refractivity contribution in [1.29, 1.82) is 0 Å². The maximum absolute atomic E-state index is 12.1. The van der Waals surface area contributed by atoms with Crippen molar-refractivity contribution in [3.8, 4) is 0 Å². The van der Waals surface area contributed by atoms with E-state index in [1.165, 1.54) is 0 Å². The van der Waals surface area contributed by atoms with Gasteiger partial charge in [0, 0.05) is 12.6 Å². The van der Waals surface area contributed by atoms with Crippen LogP contribution >= 0.6 is 0 Å². The second-order valence-electron chi connectivity index (χ2n) is 5.92. The van der Waals surface area contributed by atoms with Gasteiger partial charge < -0.3 is 9.47 Å². The number of hydrogen-bond acceptors (Lipinski definition) is 4. The van der Waals surface area contributed by atoms with E-state index in [4.69, 9.17) is 9.47 Å². The topological polar surface area (TPSA) is 47.6 Å². The van der Waals surface area contributed by atoms with Crippen LogP contribution in [-0.4, -0.2) is 36.9 Å². The Labute approximate surface area is 118 Å². The molecular weight excluding hydrogens is 242 g/mol. The lowest BCUT2D eigenvalue weighted by atomic mass is 9.97. The van der Waals surface area contributed by atoms with Gasteiger partial charge in [0.1, 0.15) is 5.54 Å². The predicted octanol–water partition coefficient (Wildman–Crippen LogP) is 2.76. The normalized spacial score (nSPS) is 16.5. The third-order valence-corrected chi connectivity index (χ3v) is 3.25. The highest BCUT2D eigenvalue weighted by atomic mass is 16.5. The molecule has 114 valence electrons. The van der Waals surface area contributed by atoms with Crippen LogP contribution in [0.1, 0.15) is 54.9 Å². The van der Waals surface area contributed by atoms with E-state index >= 15 is 0 Å². The molecule has 0 aromatic rings. The highest BCUT2D eigenvalue weighted by Crippen LogP contribution is 2.15. The van der Waals surface area contributed by atoms with E-state index in [2.05, 4.69) is 26.1 Å². The zero-order valence-corrected chi connectivity index (χ0v) is 13.6. The van der Waals surface area contributed by atoms with Crippen molar-refractivity contribution >= 4 is 5.97 Å². The van der Waals surface area contributed by atoms with E-state index in [-0.39, 0.29) is 18.1 Å². The van der Waals surface area contributed by atoms with Gasteiger partial charge in [-0.2, -0.15) is 0 Å². The minimum atomic E-state index is -0.680. The Bertz CT molecular complexity index is 266. The van der Waals surface area contributed by atoms with E-state index in [9.17, 15) is 4.79 Å². The van der Waals surface area contributed by atoms with Crippen molar-refractivity contribution in [2.24, 2.45) is 5.92 Å². The van der Waals surface area contributed by atoms with Crippen LogP contribution in [0.2, 0.25) is 0 Å². The highest BCUT2D eigenvalue weighted by molar-refractivity contribution is 5.80. The zero-order chi connectivity index (χ0) is 15.1. The Balaban J connectivity index is 4.47. The van der Waals surface area contributed by atoms with Gasteiger partial charge in [0.05, 0.1) is 12.7 Å². The van der Waals surface area contributed by atoms with Crippen molar-refractivity contribution in [3.63, 3.8) is 0 Å². The molecule has 4 nitrogen and oxygen atoms in total. The summed E-state index contributed by atoms with van der Waals surface area (Å²) in [5.41, 5.74) is -0.680. The fourth-order valence-corrected chi connectivity index (χ4v) is 1.80. The SMILES string of the molecule is CCOC(=O)C(C)(CCOC(C)C(C)C)NC(C)C. The molecule has 0 saturated heterocycles. The van der Waals surface area contributed by atoms with E-state index in [0.29, 0.717) is 25.6 Å². The summed E-state index contributed by atoms with van der Waals surface area (Å²) in [4.78, 5) is 12.1. The first-order valence-electron chi connectivity index (χ1n) is 7.29. The molecule has 0 aliphatic carbocycles. The Kier molecular flexibility index (Phi) is 8.26. The molecule has 0 saturated carbocycles. The molecule has 0 rings (SSSR count). The van der Waals surface area contributed by atoms with Crippen molar-refractivity contribution in [2.45, 2.75) is 72.6 Å². The lowest BCUT2D eigenvalue weighted by Gasteiger charge is -2.31. The van der Waals surface area contributed by atoms with E-state index in [1.54, 1.807) is 0 Å². The Hall–Kier alpha value is -0.610. The number of carbonyl (C=O) groups is 1. The first-order valence-corrected chi connectivity index (χ1v) is 7.29. The Morgan fingerprint density at radius 3 is 2.21 bits per heavy atom. The summed E-state index contributed by atoms with van der Waals surface area (Å²) in [5, 5.41) is 3.29. The number of nitrogens with one attached hydrogen (secondary N) is 1. The van der Waals surface area contributed by atoms with Gasteiger partial charge in [-0.3, -0.25) is 10.1 Å². The van der Waals surface area contributed by atoms with Gasteiger partial charge in [0.25, 0.3) is 0 Å². The molecule has 0 amide bonds. The molecule has 0 fully saturated rings. The van der Waals surface area contributed by atoms with Crippen LogP contribution in [0.5, 0.6) is 0 Å². The van der Waals surface area contributed by atoms with Gasteiger partial charge in [0.2, 0.25) is 0 Å². The standard InChI is InChI=1S/C15H31NO3/c1-8-18-14(17)15(7,16-12(4)5)9-10-19-13(6)11(2)3/h11-13,16H,8-10H2,1-7H3. The Morgan fingerprint density at radius 2 is 1.79 bits per heavy atom. The van der Waals surface area contributed by atoms with Crippen LogP contribution < -0.4 is 5.32 Å². The van der Waals surface area contributed by atoms with Crippen LogP contribution in [0, 0.1) is 5.92 Å². The smallest absolute Gasteiger partial charge is 0.326 e. The van der Waals surface area contributed by atoms with Gasteiger partial charge in [-0.1, -0.05) is 13.8 Å². The third-order valence-electron chi connectivity index (χ3n) is 3.25. The summed E-state index contributed by atoms with van der Waals surface area (Å²) in [6.07, 6.45) is 0.812. The van der Waals surface area contributed by atoms with Crippen LogP contribution in [-0.2, 0) is 14.3 Å². The minimum Gasteiger partial charge on any atom is -0.465 e. The Morgan fingerprint density at radius 1 is 1.21 bits per heavy atom. The van der Waals surface area contributed by atoms with Crippen LogP contribution in [0.25, 0.3) is 0 Å². The van der Waals surface area contributed by atoms with Gasteiger partial charge >= 0.3 is 5.97 Å². The molecule has 4 heteroatoms. The molecule has 0 radical (unpaired) electrons. The largest absolute Gasteiger partial charge is 0.465 e. The molecule has 1 N–H and O–H groups in total. The summed E-state index contributed by atoms with van der Waals surface area (Å²) in [5.74, 6) is 0.274. The first kappa shape index (κ1) is 18.4. The van der Waals surface area contributed by atoms with E-state index < -0.39 is 5.54 Å².